The molecular weight excluding hydrogens is 114 g/mol. The second kappa shape index (κ2) is 9.09. The zero-order valence-electron chi connectivity index (χ0n) is 3.14. The number of hydrogen-bond acceptors (Lipinski definition) is 4. The third kappa shape index (κ3) is 228. The molecule has 0 unspecified atom stereocenters. The van der Waals surface area contributed by atoms with Gasteiger partial charge in [0.25, 0.3) is 0 Å². The number of carbonyl (C=O) groups excluding carboxylic acids is 1. The van der Waals surface area contributed by atoms with Crippen molar-refractivity contribution in [2.75, 3.05) is 0 Å². The first-order valence-corrected chi connectivity index (χ1v) is 0.612. The van der Waals surface area contributed by atoms with Crippen LogP contribution in [0.1, 0.15) is 0 Å². The topological polar surface area (TPSA) is 98.2 Å². The Balaban J connectivity index is -0.0000000450. The molecule has 0 saturated heterocycles. The molecule has 0 aromatic heterocycles. The summed E-state index contributed by atoms with van der Waals surface area (Å²) in [6.45, 7) is 0. The van der Waals surface area contributed by atoms with Gasteiger partial charge >= 0.3 is 37.7 Å². The monoisotopic (exact) mass is 117 g/mol. The minimum absolute atomic E-state index is 0. The van der Waals surface area contributed by atoms with Gasteiger partial charge in [0, 0.05) is 0 Å². The van der Waals surface area contributed by atoms with Crippen LogP contribution >= 0.6 is 0 Å². The molecule has 0 aliphatic heterocycles. The Morgan fingerprint density at radius 3 is 1.33 bits per heavy atom. The maximum Gasteiger partial charge on any atom is 2.00 e. The van der Waals surface area contributed by atoms with Gasteiger partial charge in [0.2, 0.25) is 0 Å². The molecule has 0 bridgehead atoms. The molecule has 0 radical (unpaired) electrons. The summed E-state index contributed by atoms with van der Waals surface area (Å²) in [4.78, 5) is 8.33. The van der Waals surface area contributed by atoms with Crippen molar-refractivity contribution in [1.82, 2.24) is 6.15 Å². The van der Waals surface area contributed by atoms with Crippen molar-refractivity contribution < 1.29 is 15.0 Å². The molecule has 3 N–H and O–H groups in total. The van der Waals surface area contributed by atoms with Crippen LogP contribution in [0.5, 0.6) is 0 Å². The normalized spacial score (nSPS) is 4.00. The van der Waals surface area contributed by atoms with E-state index >= 15 is 0 Å². The van der Waals surface area contributed by atoms with Gasteiger partial charge in [0.1, 0.15) is 0 Å². The van der Waals surface area contributed by atoms with E-state index in [1.165, 1.54) is 0 Å². The van der Waals surface area contributed by atoms with E-state index in [4.69, 9.17) is 15.0 Å². The summed E-state index contributed by atoms with van der Waals surface area (Å²) in [6.07, 6.45) is -2.33. The van der Waals surface area contributed by atoms with E-state index in [0.29, 0.717) is 0 Å². The predicted molar refractivity (Wildman–Crippen MR) is 16.2 cm³/mol. The molecule has 0 spiro atoms. The SMILES string of the molecule is N.O=C([O-])[O-].[Ca+2]. The van der Waals surface area contributed by atoms with E-state index in [1.807, 2.05) is 0 Å². The molecule has 0 amide bonds. The summed E-state index contributed by atoms with van der Waals surface area (Å²) >= 11 is 0. The third-order valence-corrected chi connectivity index (χ3v) is 0. The van der Waals surface area contributed by atoms with E-state index in [1.54, 1.807) is 0 Å². The van der Waals surface area contributed by atoms with Crippen molar-refractivity contribution in [2.24, 2.45) is 0 Å². The molecule has 4 nitrogen and oxygen atoms in total. The van der Waals surface area contributed by atoms with E-state index in [9.17, 15) is 0 Å². The molecule has 0 fully saturated rings. The molecule has 0 aromatic rings. The minimum atomic E-state index is -2.33. The Hall–Kier alpha value is 0.490. The first kappa shape index (κ1) is 16.1. The first-order chi connectivity index (χ1) is 1.73. The summed E-state index contributed by atoms with van der Waals surface area (Å²) < 4.78 is 0. The third-order valence-electron chi connectivity index (χ3n) is 0. The maximum atomic E-state index is 8.33. The van der Waals surface area contributed by atoms with E-state index < -0.39 is 6.16 Å². The van der Waals surface area contributed by atoms with Crippen LogP contribution in [0, 0.1) is 0 Å². The molecule has 0 aliphatic carbocycles. The fourth-order valence-corrected chi connectivity index (χ4v) is 0. The van der Waals surface area contributed by atoms with Gasteiger partial charge in [-0.2, -0.15) is 0 Å². The van der Waals surface area contributed by atoms with Gasteiger partial charge < -0.3 is 21.2 Å². The van der Waals surface area contributed by atoms with Gasteiger partial charge in [0.05, 0.1) is 0 Å². The number of carbonyl (C=O) groups is 1. The van der Waals surface area contributed by atoms with Crippen LogP contribution in [0.15, 0.2) is 0 Å². The average Bonchev–Trinajstić information content (AvgIpc) is 0.811. The van der Waals surface area contributed by atoms with Gasteiger partial charge in [-0.1, -0.05) is 0 Å². The molecule has 6 heavy (non-hydrogen) atoms. The predicted octanol–water partition coefficient (Wildman–Crippen LogP) is -2.67. The van der Waals surface area contributed by atoms with Crippen molar-refractivity contribution in [3.05, 3.63) is 0 Å². The van der Waals surface area contributed by atoms with Crippen molar-refractivity contribution in [3.8, 4) is 0 Å². The molecule has 0 heterocycles. The van der Waals surface area contributed by atoms with Crippen LogP contribution in [-0.4, -0.2) is 43.9 Å². The summed E-state index contributed by atoms with van der Waals surface area (Å²) in [7, 11) is 0. The van der Waals surface area contributed by atoms with Gasteiger partial charge in [0.15, 0.2) is 0 Å². The number of hydrogen-bond donors (Lipinski definition) is 1. The Kier molecular flexibility index (Phi) is 24.3. The Labute approximate surface area is 64.7 Å². The average molecular weight is 117 g/mol. The fourth-order valence-electron chi connectivity index (χ4n) is 0. The smallest absolute Gasteiger partial charge is 0.652 e. The number of carboxylic acid groups (broad SMARTS) is 2. The maximum absolute atomic E-state index is 8.33. The number of rotatable bonds is 0. The van der Waals surface area contributed by atoms with Crippen molar-refractivity contribution >= 4 is 43.9 Å². The standard InChI is InChI=1S/CH2O3.Ca.H3N/c2-1(3)4;;/h(H2,2,3,4);;1H3/q;+2;/p-2. The molecule has 0 aliphatic rings. The van der Waals surface area contributed by atoms with Gasteiger partial charge in [-0.3, -0.25) is 0 Å². The van der Waals surface area contributed by atoms with Crippen LogP contribution in [0.2, 0.25) is 0 Å². The Morgan fingerprint density at radius 2 is 1.33 bits per heavy atom. The molecule has 0 rings (SSSR count). The zero-order chi connectivity index (χ0) is 3.58. The van der Waals surface area contributed by atoms with Crippen LogP contribution in [0.4, 0.5) is 4.79 Å². The summed E-state index contributed by atoms with van der Waals surface area (Å²) in [5.74, 6) is 0. The van der Waals surface area contributed by atoms with Crippen molar-refractivity contribution in [3.63, 3.8) is 0 Å². The molecule has 0 saturated carbocycles. The Bertz CT molecular complexity index is 33.8. The van der Waals surface area contributed by atoms with Gasteiger partial charge in [-0.15, -0.1) is 0 Å². The molecular formula is CH3CaNO3. The molecule has 32 valence electrons. The summed E-state index contributed by atoms with van der Waals surface area (Å²) in [6, 6.07) is 0. The van der Waals surface area contributed by atoms with Crippen molar-refractivity contribution in [1.29, 1.82) is 0 Å². The first-order valence-electron chi connectivity index (χ1n) is 0.612. The van der Waals surface area contributed by atoms with Crippen LogP contribution in [-0.2, 0) is 0 Å². The van der Waals surface area contributed by atoms with Crippen LogP contribution in [0.25, 0.3) is 0 Å². The van der Waals surface area contributed by atoms with E-state index in [0.717, 1.165) is 0 Å². The minimum Gasteiger partial charge on any atom is -0.652 e. The van der Waals surface area contributed by atoms with Gasteiger partial charge in [-0.05, 0) is 6.16 Å². The molecule has 0 atom stereocenters. The van der Waals surface area contributed by atoms with E-state index in [-0.39, 0.29) is 43.9 Å². The van der Waals surface area contributed by atoms with Crippen LogP contribution < -0.4 is 16.4 Å². The second-order valence-corrected chi connectivity index (χ2v) is 0.250. The summed E-state index contributed by atoms with van der Waals surface area (Å²) in [5.41, 5.74) is 0. The Morgan fingerprint density at radius 1 is 1.33 bits per heavy atom. The van der Waals surface area contributed by atoms with Crippen LogP contribution in [0.3, 0.4) is 0 Å². The van der Waals surface area contributed by atoms with Gasteiger partial charge in [-0.25, -0.2) is 0 Å². The van der Waals surface area contributed by atoms with Crippen molar-refractivity contribution in [2.45, 2.75) is 0 Å². The zero-order valence-corrected chi connectivity index (χ0v) is 5.35. The van der Waals surface area contributed by atoms with E-state index in [2.05, 4.69) is 0 Å². The molecule has 5 heteroatoms. The summed E-state index contributed by atoms with van der Waals surface area (Å²) in [5, 5.41) is 16.7. The molecule has 0 aromatic carbocycles. The second-order valence-electron chi connectivity index (χ2n) is 0.250. The largest absolute Gasteiger partial charge is 2.00 e. The fraction of sp³-hybridized carbons (Fsp3) is 0. The quantitative estimate of drug-likeness (QED) is 0.350.